The Bertz CT molecular complexity index is 1220. The highest BCUT2D eigenvalue weighted by Gasteiger charge is 2.49. The number of rotatable bonds is 14. The molecule has 3 rings (SSSR count). The summed E-state index contributed by atoms with van der Waals surface area (Å²) in [6.07, 6.45) is 1.86. The number of alkyl halides is 3. The molecule has 14 heteroatoms. The van der Waals surface area contributed by atoms with Crippen LogP contribution in [0.5, 0.6) is 0 Å². The van der Waals surface area contributed by atoms with Crippen molar-refractivity contribution in [1.29, 1.82) is 0 Å². The van der Waals surface area contributed by atoms with Gasteiger partial charge in [0.15, 0.2) is 0 Å². The predicted octanol–water partition coefficient (Wildman–Crippen LogP) is 3.17. The molecule has 5 atom stereocenters. The van der Waals surface area contributed by atoms with Crippen molar-refractivity contribution in [3.05, 3.63) is 12.7 Å². The van der Waals surface area contributed by atoms with E-state index in [1.54, 1.807) is 20.8 Å². The molecule has 1 heterocycles. The molecule has 0 aromatic heterocycles. The third kappa shape index (κ3) is 10.3. The van der Waals surface area contributed by atoms with Crippen molar-refractivity contribution in [2.75, 3.05) is 13.1 Å². The summed E-state index contributed by atoms with van der Waals surface area (Å²) in [6.45, 7) is 12.7. The molecule has 2 saturated carbocycles. The van der Waals surface area contributed by atoms with Crippen LogP contribution >= 0.6 is 0 Å². The highest BCUT2D eigenvalue weighted by atomic mass is 19.4. The van der Waals surface area contributed by atoms with E-state index in [0.717, 1.165) is 19.3 Å². The zero-order valence-electron chi connectivity index (χ0n) is 28.7. The van der Waals surface area contributed by atoms with E-state index in [4.69, 9.17) is 0 Å². The van der Waals surface area contributed by atoms with Gasteiger partial charge >= 0.3 is 12.1 Å². The molecule has 0 bridgehead atoms. The number of amides is 5. The van der Waals surface area contributed by atoms with E-state index in [1.807, 2.05) is 19.2 Å². The number of likely N-dealkylation sites (tertiary alicyclic amines) is 1. The fraction of sp³-hybridized carbons (Fsp3) is 0.765. The number of nitrogens with zero attached hydrogens (tertiary/aromatic N) is 1. The lowest BCUT2D eigenvalue weighted by molar-refractivity contribution is -0.175. The summed E-state index contributed by atoms with van der Waals surface area (Å²) in [7, 11) is 0. The number of halogens is 3. The quantitative estimate of drug-likeness (QED) is 0.163. The average molecular weight is 684 g/mol. The molecule has 270 valence electrons. The fourth-order valence-corrected chi connectivity index (χ4v) is 6.82. The molecule has 1 saturated heterocycles. The second-order valence-electron chi connectivity index (χ2n) is 14.9. The van der Waals surface area contributed by atoms with Gasteiger partial charge in [-0.25, -0.2) is 0 Å². The molecule has 5 amide bonds. The highest BCUT2D eigenvalue weighted by molar-refractivity contribution is 6.38. The third-order valence-electron chi connectivity index (χ3n) is 9.73. The number of ketones is 1. The van der Waals surface area contributed by atoms with Crippen LogP contribution in [0.1, 0.15) is 92.4 Å². The Balaban J connectivity index is 1.88. The molecule has 0 radical (unpaired) electrons. The van der Waals surface area contributed by atoms with Crippen molar-refractivity contribution < 1.29 is 41.9 Å². The molecular formula is C34H52F3N5O6. The van der Waals surface area contributed by atoms with Crippen LogP contribution in [-0.4, -0.2) is 83.7 Å². The molecule has 0 spiro atoms. The second kappa shape index (κ2) is 16.3. The van der Waals surface area contributed by atoms with Crippen LogP contribution < -0.4 is 21.3 Å². The maximum Gasteiger partial charge on any atom is 0.471 e. The van der Waals surface area contributed by atoms with Crippen LogP contribution in [0.4, 0.5) is 13.2 Å². The average Bonchev–Trinajstić information content (AvgIpc) is 3.72. The van der Waals surface area contributed by atoms with Gasteiger partial charge < -0.3 is 26.2 Å². The molecule has 4 N–H and O–H groups in total. The van der Waals surface area contributed by atoms with E-state index in [1.165, 1.54) is 11.0 Å². The van der Waals surface area contributed by atoms with Crippen LogP contribution in [0.3, 0.4) is 0 Å². The SMILES string of the molecule is C=CCNC(=O)C(=O)C(CC1CC1)NC(=O)[C@@H]1[C@@H](C(C)C)CCN1C(=O)[C@@H](NC(=O)[C@@H](NC(=O)C(F)(F)F)C1CCCCC1)C(C)(C)C. The van der Waals surface area contributed by atoms with Gasteiger partial charge in [0.25, 0.3) is 5.91 Å². The first kappa shape index (κ1) is 39.0. The van der Waals surface area contributed by atoms with Gasteiger partial charge in [0.1, 0.15) is 18.1 Å². The van der Waals surface area contributed by atoms with E-state index in [9.17, 15) is 41.9 Å². The predicted molar refractivity (Wildman–Crippen MR) is 172 cm³/mol. The van der Waals surface area contributed by atoms with Crippen LogP contribution in [0.2, 0.25) is 0 Å². The van der Waals surface area contributed by atoms with Gasteiger partial charge in [0.05, 0.1) is 6.04 Å². The lowest BCUT2D eigenvalue weighted by Crippen LogP contribution is -2.63. The number of carbonyl (C=O) groups is 6. The van der Waals surface area contributed by atoms with E-state index < -0.39 is 77.0 Å². The van der Waals surface area contributed by atoms with Gasteiger partial charge in [-0.15, -0.1) is 6.58 Å². The highest BCUT2D eigenvalue weighted by Crippen LogP contribution is 2.36. The van der Waals surface area contributed by atoms with Crippen LogP contribution in [-0.2, 0) is 28.8 Å². The van der Waals surface area contributed by atoms with Crippen molar-refractivity contribution in [1.82, 2.24) is 26.2 Å². The van der Waals surface area contributed by atoms with Gasteiger partial charge in [0, 0.05) is 13.1 Å². The summed E-state index contributed by atoms with van der Waals surface area (Å²) in [4.78, 5) is 81.0. The summed E-state index contributed by atoms with van der Waals surface area (Å²) < 4.78 is 39.8. The number of hydrogen-bond donors (Lipinski definition) is 4. The van der Waals surface area contributed by atoms with E-state index in [-0.39, 0.29) is 37.3 Å². The Morgan fingerprint density at radius 1 is 0.896 bits per heavy atom. The minimum atomic E-state index is -5.19. The largest absolute Gasteiger partial charge is 0.471 e. The molecule has 3 fully saturated rings. The van der Waals surface area contributed by atoms with Gasteiger partial charge in [0.2, 0.25) is 23.5 Å². The lowest BCUT2D eigenvalue weighted by atomic mass is 9.82. The molecule has 11 nitrogen and oxygen atoms in total. The maximum absolute atomic E-state index is 14.3. The molecule has 1 unspecified atom stereocenters. The van der Waals surface area contributed by atoms with Gasteiger partial charge in [-0.2, -0.15) is 13.2 Å². The molecule has 0 aromatic carbocycles. The lowest BCUT2D eigenvalue weighted by Gasteiger charge is -2.38. The standard InChI is InChI=1S/C34H52F3N5O6/c1-7-16-38-30(46)26(43)23(18-20-13-14-20)39-29(45)25-22(19(2)3)15-17-42(25)31(47)27(33(4,5)6)41-28(44)24(21-11-9-8-10-12-21)40-32(48)34(35,36)37/h7,19-25,27H,1,8-18H2,2-6H3,(H,38,46)(H,39,45)(H,40,48)(H,41,44)/t22-,23?,24+,25+,27-/m1/s1. The van der Waals surface area contributed by atoms with Crippen molar-refractivity contribution >= 4 is 35.3 Å². The third-order valence-corrected chi connectivity index (χ3v) is 9.73. The van der Waals surface area contributed by atoms with Crippen molar-refractivity contribution in [3.63, 3.8) is 0 Å². The summed E-state index contributed by atoms with van der Waals surface area (Å²) in [6, 6.07) is -4.87. The smallest absolute Gasteiger partial charge is 0.346 e. The van der Waals surface area contributed by atoms with E-state index in [0.29, 0.717) is 32.1 Å². The zero-order valence-corrected chi connectivity index (χ0v) is 28.7. The van der Waals surface area contributed by atoms with Crippen molar-refractivity contribution in [2.24, 2.45) is 29.1 Å². The fourth-order valence-electron chi connectivity index (χ4n) is 6.82. The molecule has 2 aliphatic carbocycles. The minimum absolute atomic E-state index is 0.0528. The zero-order chi connectivity index (χ0) is 36.0. The summed E-state index contributed by atoms with van der Waals surface area (Å²) in [5, 5.41) is 9.76. The molecule has 48 heavy (non-hydrogen) atoms. The topological polar surface area (TPSA) is 154 Å². The Hall–Kier alpha value is -3.45. The molecule has 3 aliphatic rings. The second-order valence-corrected chi connectivity index (χ2v) is 14.9. The van der Waals surface area contributed by atoms with Crippen LogP contribution in [0, 0.1) is 29.1 Å². The normalized spacial score (nSPS) is 22.3. The number of nitrogens with one attached hydrogen (secondary N) is 4. The minimum Gasteiger partial charge on any atom is -0.346 e. The first-order valence-corrected chi connectivity index (χ1v) is 17.1. The van der Waals surface area contributed by atoms with Crippen LogP contribution in [0.15, 0.2) is 12.7 Å². The van der Waals surface area contributed by atoms with Gasteiger partial charge in [-0.1, -0.05) is 72.8 Å². The Morgan fingerprint density at radius 3 is 2.04 bits per heavy atom. The first-order valence-electron chi connectivity index (χ1n) is 17.1. The number of carbonyl (C=O) groups excluding carboxylic acids is 6. The van der Waals surface area contributed by atoms with E-state index >= 15 is 0 Å². The Labute approximate surface area is 281 Å². The summed E-state index contributed by atoms with van der Waals surface area (Å²) in [5.74, 6) is -6.66. The van der Waals surface area contributed by atoms with Crippen molar-refractivity contribution in [2.45, 2.75) is 123 Å². The van der Waals surface area contributed by atoms with Gasteiger partial charge in [-0.05, 0) is 54.8 Å². The Kier molecular flexibility index (Phi) is 13.2. The summed E-state index contributed by atoms with van der Waals surface area (Å²) >= 11 is 0. The van der Waals surface area contributed by atoms with Crippen molar-refractivity contribution in [3.8, 4) is 0 Å². The number of Topliss-reactive ketones (excluding diaryl/α,β-unsaturated/α-hetero) is 1. The first-order chi connectivity index (χ1) is 22.4. The Morgan fingerprint density at radius 2 is 1.52 bits per heavy atom. The van der Waals surface area contributed by atoms with Crippen LogP contribution in [0.25, 0.3) is 0 Å². The number of hydrogen-bond acceptors (Lipinski definition) is 6. The molecular weight excluding hydrogens is 631 g/mol. The van der Waals surface area contributed by atoms with Gasteiger partial charge in [-0.3, -0.25) is 28.8 Å². The monoisotopic (exact) mass is 683 g/mol. The molecule has 0 aromatic rings. The molecule has 1 aliphatic heterocycles. The van der Waals surface area contributed by atoms with E-state index in [2.05, 4.69) is 22.5 Å². The maximum atomic E-state index is 14.3. The summed E-state index contributed by atoms with van der Waals surface area (Å²) in [5.41, 5.74) is -0.942.